The molecule has 27 heavy (non-hydrogen) atoms. The second-order valence-electron chi connectivity index (χ2n) is 7.53. The Balaban J connectivity index is 1.48. The molecule has 1 aliphatic carbocycles. The molecule has 1 saturated carbocycles. The van der Waals surface area contributed by atoms with E-state index in [2.05, 4.69) is 17.2 Å². The van der Waals surface area contributed by atoms with E-state index >= 15 is 0 Å². The zero-order chi connectivity index (χ0) is 18.8. The van der Waals surface area contributed by atoms with Crippen molar-refractivity contribution < 1.29 is 14.7 Å². The zero-order valence-electron chi connectivity index (χ0n) is 15.4. The van der Waals surface area contributed by atoms with Gasteiger partial charge in [0.1, 0.15) is 0 Å². The van der Waals surface area contributed by atoms with E-state index < -0.39 is 5.97 Å². The molecular weight excluding hydrogens is 342 g/mol. The number of rotatable bonds is 6. The van der Waals surface area contributed by atoms with Gasteiger partial charge in [-0.05, 0) is 31.2 Å². The van der Waals surface area contributed by atoms with Crippen molar-refractivity contribution in [1.82, 2.24) is 14.7 Å². The van der Waals surface area contributed by atoms with Crippen LogP contribution in [0.3, 0.4) is 0 Å². The van der Waals surface area contributed by atoms with Crippen molar-refractivity contribution in [1.29, 1.82) is 0 Å². The van der Waals surface area contributed by atoms with E-state index in [1.54, 1.807) is 0 Å². The smallest absolute Gasteiger partial charge is 0.356 e. The van der Waals surface area contributed by atoms with Gasteiger partial charge in [0, 0.05) is 43.2 Å². The van der Waals surface area contributed by atoms with Gasteiger partial charge in [-0.15, -0.1) is 0 Å². The monoisotopic (exact) mass is 367 g/mol. The maximum atomic E-state index is 12.6. The maximum absolute atomic E-state index is 12.6. The number of aromatic nitrogens is 2. The van der Waals surface area contributed by atoms with Crippen molar-refractivity contribution in [3.63, 3.8) is 0 Å². The highest BCUT2D eigenvalue weighted by Gasteiger charge is 2.34. The van der Waals surface area contributed by atoms with Gasteiger partial charge in [-0.2, -0.15) is 5.10 Å². The molecule has 1 N–H and O–H groups in total. The number of fused-ring (bicyclic) bond motifs is 1. The lowest BCUT2D eigenvalue weighted by molar-refractivity contribution is -0.139. The first-order valence-corrected chi connectivity index (χ1v) is 9.78. The highest BCUT2D eigenvalue weighted by Crippen LogP contribution is 2.31. The van der Waals surface area contributed by atoms with E-state index in [1.807, 2.05) is 27.8 Å². The van der Waals surface area contributed by atoms with Gasteiger partial charge in [0.15, 0.2) is 5.69 Å². The summed E-state index contributed by atoms with van der Waals surface area (Å²) in [6.07, 6.45) is 5.57. The summed E-state index contributed by atoms with van der Waals surface area (Å²) in [5.41, 5.74) is 3.09. The minimum atomic E-state index is -1.01. The van der Waals surface area contributed by atoms with Crippen LogP contribution in [0.15, 0.2) is 30.3 Å². The fourth-order valence-corrected chi connectivity index (χ4v) is 4.03. The van der Waals surface area contributed by atoms with Crippen LogP contribution in [0.4, 0.5) is 0 Å². The van der Waals surface area contributed by atoms with Crippen LogP contribution >= 0.6 is 0 Å². The molecule has 0 radical (unpaired) electrons. The number of aromatic carboxylic acids is 1. The van der Waals surface area contributed by atoms with Crippen molar-refractivity contribution in [2.75, 3.05) is 6.54 Å². The molecule has 0 saturated heterocycles. The van der Waals surface area contributed by atoms with Crippen LogP contribution in [0.5, 0.6) is 0 Å². The van der Waals surface area contributed by atoms with Crippen molar-refractivity contribution >= 4 is 11.9 Å². The second-order valence-corrected chi connectivity index (χ2v) is 7.53. The van der Waals surface area contributed by atoms with E-state index in [9.17, 15) is 14.7 Å². The molecule has 1 amide bonds. The molecule has 2 heterocycles. The van der Waals surface area contributed by atoms with Crippen LogP contribution in [-0.2, 0) is 30.7 Å². The van der Waals surface area contributed by atoms with Gasteiger partial charge in [0.25, 0.3) is 0 Å². The van der Waals surface area contributed by atoms with Gasteiger partial charge in [-0.1, -0.05) is 36.8 Å². The fourth-order valence-electron chi connectivity index (χ4n) is 4.03. The molecule has 6 heteroatoms. The minimum absolute atomic E-state index is 0.107. The standard InChI is InChI=1S/C21H25N3O3/c25-20(16-9-4-10-16)23-13-11-18-17(14-23)19(21(26)27)22-24(18)12-5-8-15-6-2-1-3-7-15/h1-3,6-7,16H,4-5,8-14H2,(H,26,27). The zero-order valence-corrected chi connectivity index (χ0v) is 15.4. The number of carbonyl (C=O) groups excluding carboxylic acids is 1. The molecule has 142 valence electrons. The lowest BCUT2D eigenvalue weighted by Crippen LogP contribution is -2.42. The molecular formula is C21H25N3O3. The number of nitrogens with zero attached hydrogens (tertiary/aromatic N) is 3. The quantitative estimate of drug-likeness (QED) is 0.852. The summed E-state index contributed by atoms with van der Waals surface area (Å²) in [5, 5.41) is 13.9. The summed E-state index contributed by atoms with van der Waals surface area (Å²) >= 11 is 0. The number of amides is 1. The number of carboxylic acids is 1. The number of benzene rings is 1. The number of hydrogen-bond donors (Lipinski definition) is 1. The molecule has 6 nitrogen and oxygen atoms in total. The normalized spacial score (nSPS) is 16.7. The highest BCUT2D eigenvalue weighted by atomic mass is 16.4. The van der Waals surface area contributed by atoms with Crippen LogP contribution in [0, 0.1) is 5.92 Å². The predicted octanol–water partition coefficient (Wildman–Crippen LogP) is 2.90. The lowest BCUT2D eigenvalue weighted by atomic mass is 9.84. The Morgan fingerprint density at radius 2 is 1.96 bits per heavy atom. The maximum Gasteiger partial charge on any atom is 0.356 e. The molecule has 1 aliphatic heterocycles. The SMILES string of the molecule is O=C(O)c1nn(CCCc2ccccc2)c2c1CN(C(=O)C1CCC1)CC2. The second kappa shape index (κ2) is 7.55. The summed E-state index contributed by atoms with van der Waals surface area (Å²) in [6, 6.07) is 10.3. The fraction of sp³-hybridized carbons (Fsp3) is 0.476. The van der Waals surface area contributed by atoms with E-state index in [4.69, 9.17) is 0 Å². The molecule has 0 unspecified atom stereocenters. The van der Waals surface area contributed by atoms with Crippen molar-refractivity contribution in [2.24, 2.45) is 5.92 Å². The Hall–Kier alpha value is -2.63. The number of hydrogen-bond acceptors (Lipinski definition) is 3. The van der Waals surface area contributed by atoms with Crippen LogP contribution in [-0.4, -0.2) is 38.2 Å². The Morgan fingerprint density at radius 1 is 1.19 bits per heavy atom. The number of carbonyl (C=O) groups is 2. The van der Waals surface area contributed by atoms with Crippen LogP contribution in [0.25, 0.3) is 0 Å². The number of carboxylic acid groups (broad SMARTS) is 1. The largest absolute Gasteiger partial charge is 0.476 e. The van der Waals surface area contributed by atoms with Crippen LogP contribution in [0.1, 0.15) is 53.0 Å². The average Bonchev–Trinajstić information content (AvgIpc) is 2.99. The Kier molecular flexibility index (Phi) is 4.97. The third-order valence-electron chi connectivity index (χ3n) is 5.78. The summed E-state index contributed by atoms with van der Waals surface area (Å²) in [6.45, 7) is 1.73. The van der Waals surface area contributed by atoms with Crippen LogP contribution < -0.4 is 0 Å². The van der Waals surface area contributed by atoms with Gasteiger partial charge in [-0.3, -0.25) is 9.48 Å². The van der Waals surface area contributed by atoms with E-state index in [-0.39, 0.29) is 17.5 Å². The average molecular weight is 367 g/mol. The van der Waals surface area contributed by atoms with E-state index in [1.165, 1.54) is 5.56 Å². The molecule has 2 aromatic rings. The molecule has 0 spiro atoms. The molecule has 1 fully saturated rings. The van der Waals surface area contributed by atoms with Gasteiger partial charge < -0.3 is 10.0 Å². The van der Waals surface area contributed by atoms with Crippen molar-refractivity contribution in [2.45, 2.75) is 51.6 Å². The summed E-state index contributed by atoms with van der Waals surface area (Å²) < 4.78 is 1.85. The summed E-state index contributed by atoms with van der Waals surface area (Å²) in [5.74, 6) is -0.688. The molecule has 0 bridgehead atoms. The highest BCUT2D eigenvalue weighted by molar-refractivity contribution is 5.88. The predicted molar refractivity (Wildman–Crippen MR) is 100 cm³/mol. The Bertz CT molecular complexity index is 840. The Morgan fingerprint density at radius 3 is 2.63 bits per heavy atom. The third-order valence-corrected chi connectivity index (χ3v) is 5.78. The topological polar surface area (TPSA) is 75.4 Å². The van der Waals surface area contributed by atoms with Gasteiger partial charge in [0.05, 0.1) is 0 Å². The Labute approximate surface area is 158 Å². The first kappa shape index (κ1) is 17.8. The van der Waals surface area contributed by atoms with E-state index in [0.717, 1.165) is 43.4 Å². The van der Waals surface area contributed by atoms with Gasteiger partial charge >= 0.3 is 5.97 Å². The lowest BCUT2D eigenvalue weighted by Gasteiger charge is -2.34. The van der Waals surface area contributed by atoms with Crippen LogP contribution in [0.2, 0.25) is 0 Å². The van der Waals surface area contributed by atoms with Crippen molar-refractivity contribution in [3.05, 3.63) is 52.8 Å². The van der Waals surface area contributed by atoms with E-state index in [0.29, 0.717) is 26.1 Å². The molecule has 1 aromatic carbocycles. The van der Waals surface area contributed by atoms with Gasteiger partial charge in [-0.25, -0.2) is 4.79 Å². The molecule has 2 aliphatic rings. The first-order valence-electron chi connectivity index (χ1n) is 9.78. The molecule has 1 aromatic heterocycles. The minimum Gasteiger partial charge on any atom is -0.476 e. The first-order chi connectivity index (χ1) is 13.1. The number of aryl methyl sites for hydroxylation is 2. The van der Waals surface area contributed by atoms with Gasteiger partial charge in [0.2, 0.25) is 5.91 Å². The molecule has 4 rings (SSSR count). The summed E-state index contributed by atoms with van der Waals surface area (Å²) in [4.78, 5) is 26.1. The third kappa shape index (κ3) is 3.61. The van der Waals surface area contributed by atoms with Crippen molar-refractivity contribution in [3.8, 4) is 0 Å². The molecule has 0 atom stereocenters. The summed E-state index contributed by atoms with van der Waals surface area (Å²) in [7, 11) is 0.